The van der Waals surface area contributed by atoms with E-state index in [0.717, 1.165) is 4.47 Å². The zero-order valence-corrected chi connectivity index (χ0v) is 11.5. The molecular weight excluding hydrogens is 293 g/mol. The zero-order chi connectivity index (χ0) is 12.3. The number of aliphatic hydroxyl groups excluding tert-OH is 1. The highest BCUT2D eigenvalue weighted by atomic mass is 79.9. The van der Waals surface area contributed by atoms with Crippen molar-refractivity contribution >= 4 is 27.5 Å². The number of hydrogen-bond donors (Lipinski definition) is 3. The maximum absolute atomic E-state index is 9.82. The summed E-state index contributed by atoms with van der Waals surface area (Å²) in [6.45, 7) is 3.82. The van der Waals surface area contributed by atoms with Gasteiger partial charge in [-0.05, 0) is 26.0 Å². The lowest BCUT2D eigenvalue weighted by Gasteiger charge is -2.20. The van der Waals surface area contributed by atoms with Crippen molar-refractivity contribution in [1.29, 1.82) is 0 Å². The first-order chi connectivity index (χ1) is 7.45. The molecule has 0 spiro atoms. The summed E-state index contributed by atoms with van der Waals surface area (Å²) in [5.41, 5.74) is 0.708. The fraction of sp³-hybridized carbons (Fsp3) is 0.455. The van der Waals surface area contributed by atoms with Crippen LogP contribution in [0.25, 0.3) is 0 Å². The van der Waals surface area contributed by atoms with E-state index in [2.05, 4.69) is 21.2 Å². The van der Waals surface area contributed by atoms with Crippen LogP contribution in [0.5, 0.6) is 5.75 Å². The summed E-state index contributed by atoms with van der Waals surface area (Å²) < 4.78 is 0.815. The Labute approximate surface area is 109 Å². The van der Waals surface area contributed by atoms with Gasteiger partial charge in [-0.1, -0.05) is 27.5 Å². The average molecular weight is 309 g/mol. The maximum atomic E-state index is 9.82. The summed E-state index contributed by atoms with van der Waals surface area (Å²) in [7, 11) is 0. The summed E-state index contributed by atoms with van der Waals surface area (Å²) in [6, 6.07) is 3.33. The summed E-state index contributed by atoms with van der Waals surface area (Å²) in [5, 5.41) is 22.2. The molecule has 0 bridgehead atoms. The second-order valence-electron chi connectivity index (χ2n) is 3.80. The fourth-order valence-electron chi connectivity index (χ4n) is 1.49. The highest BCUT2D eigenvalue weighted by Gasteiger charge is 2.15. The predicted molar refractivity (Wildman–Crippen MR) is 68.9 cm³/mol. The molecule has 16 heavy (non-hydrogen) atoms. The molecule has 0 saturated carbocycles. The van der Waals surface area contributed by atoms with Crippen molar-refractivity contribution in [2.45, 2.75) is 25.9 Å². The molecule has 5 heteroatoms. The van der Waals surface area contributed by atoms with Gasteiger partial charge < -0.3 is 15.5 Å². The molecule has 1 aromatic rings. The van der Waals surface area contributed by atoms with Gasteiger partial charge in [-0.15, -0.1) is 0 Å². The predicted octanol–water partition coefficient (Wildman–Crippen LogP) is 2.84. The molecule has 0 saturated heterocycles. The van der Waals surface area contributed by atoms with Gasteiger partial charge >= 0.3 is 0 Å². The monoisotopic (exact) mass is 307 g/mol. The van der Waals surface area contributed by atoms with Crippen LogP contribution in [0.4, 0.5) is 0 Å². The summed E-state index contributed by atoms with van der Waals surface area (Å²) in [6.07, 6.45) is 0. The molecule has 1 aromatic carbocycles. The van der Waals surface area contributed by atoms with Crippen molar-refractivity contribution in [3.63, 3.8) is 0 Å². The molecule has 0 aliphatic carbocycles. The smallest absolute Gasteiger partial charge is 0.139 e. The number of phenols is 1. The number of aromatic hydroxyl groups is 1. The van der Waals surface area contributed by atoms with Crippen molar-refractivity contribution < 1.29 is 10.2 Å². The third-order valence-electron chi connectivity index (χ3n) is 2.33. The van der Waals surface area contributed by atoms with Crippen LogP contribution in [-0.4, -0.2) is 22.9 Å². The molecule has 90 valence electrons. The minimum Gasteiger partial charge on any atom is -0.506 e. The van der Waals surface area contributed by atoms with Crippen LogP contribution in [0.3, 0.4) is 0 Å². The van der Waals surface area contributed by atoms with Crippen LogP contribution >= 0.6 is 27.5 Å². The van der Waals surface area contributed by atoms with E-state index in [9.17, 15) is 5.11 Å². The Kier molecular flexibility index (Phi) is 5.05. The van der Waals surface area contributed by atoms with Crippen LogP contribution in [0.2, 0.25) is 5.02 Å². The molecule has 3 N–H and O–H groups in total. The van der Waals surface area contributed by atoms with Crippen molar-refractivity contribution in [3.8, 4) is 5.75 Å². The van der Waals surface area contributed by atoms with E-state index >= 15 is 0 Å². The molecule has 3 nitrogen and oxygen atoms in total. The Morgan fingerprint density at radius 2 is 2.06 bits per heavy atom. The van der Waals surface area contributed by atoms with Gasteiger partial charge in [0, 0.05) is 22.1 Å². The lowest BCUT2D eigenvalue weighted by Crippen LogP contribution is -2.31. The Morgan fingerprint density at radius 1 is 1.44 bits per heavy atom. The summed E-state index contributed by atoms with van der Waals surface area (Å²) in [5.74, 6) is 0.0787. The van der Waals surface area contributed by atoms with E-state index < -0.39 is 0 Å². The minimum atomic E-state index is -0.0860. The lowest BCUT2D eigenvalue weighted by atomic mass is 10.1. The van der Waals surface area contributed by atoms with E-state index in [0.29, 0.717) is 10.6 Å². The van der Waals surface area contributed by atoms with Crippen LogP contribution in [0.15, 0.2) is 16.6 Å². The van der Waals surface area contributed by atoms with Crippen molar-refractivity contribution in [2.24, 2.45) is 0 Å². The van der Waals surface area contributed by atoms with Gasteiger partial charge in [-0.25, -0.2) is 0 Å². The van der Waals surface area contributed by atoms with E-state index in [1.807, 2.05) is 19.9 Å². The van der Waals surface area contributed by atoms with E-state index in [4.69, 9.17) is 16.7 Å². The molecule has 0 amide bonds. The SMILES string of the molecule is CC(N[C@@H](C)CO)c1cc(Br)cc(Cl)c1O. The first-order valence-corrected chi connectivity index (χ1v) is 6.17. The highest BCUT2D eigenvalue weighted by Crippen LogP contribution is 2.34. The number of aliphatic hydroxyl groups is 1. The molecule has 0 fully saturated rings. The number of nitrogens with one attached hydrogen (secondary N) is 1. The first-order valence-electron chi connectivity index (χ1n) is 5.00. The molecule has 1 rings (SSSR count). The third-order valence-corrected chi connectivity index (χ3v) is 3.08. The van der Waals surface area contributed by atoms with Crippen LogP contribution < -0.4 is 5.32 Å². The highest BCUT2D eigenvalue weighted by molar-refractivity contribution is 9.10. The Bertz CT molecular complexity index is 373. The van der Waals surface area contributed by atoms with Crippen molar-refractivity contribution in [2.75, 3.05) is 6.61 Å². The molecular formula is C11H15BrClNO2. The maximum Gasteiger partial charge on any atom is 0.139 e. The van der Waals surface area contributed by atoms with Gasteiger partial charge in [0.1, 0.15) is 5.75 Å². The van der Waals surface area contributed by atoms with E-state index in [1.165, 1.54) is 0 Å². The van der Waals surface area contributed by atoms with Gasteiger partial charge in [0.15, 0.2) is 0 Å². The molecule has 0 aliphatic rings. The number of rotatable bonds is 4. The quantitative estimate of drug-likeness (QED) is 0.802. The Morgan fingerprint density at radius 3 is 2.62 bits per heavy atom. The average Bonchev–Trinajstić information content (AvgIpc) is 2.22. The van der Waals surface area contributed by atoms with Crippen LogP contribution in [0, 0.1) is 0 Å². The number of phenolic OH excluding ortho intramolecular Hbond substituents is 1. The zero-order valence-electron chi connectivity index (χ0n) is 9.17. The largest absolute Gasteiger partial charge is 0.506 e. The fourth-order valence-corrected chi connectivity index (χ4v) is 2.32. The number of hydrogen-bond acceptors (Lipinski definition) is 3. The molecule has 0 radical (unpaired) electrons. The van der Waals surface area contributed by atoms with E-state index in [1.54, 1.807) is 6.07 Å². The molecule has 1 unspecified atom stereocenters. The number of benzene rings is 1. The minimum absolute atomic E-state index is 0.0350. The van der Waals surface area contributed by atoms with Gasteiger partial charge in [-0.3, -0.25) is 0 Å². The third kappa shape index (κ3) is 3.35. The summed E-state index contributed by atoms with van der Waals surface area (Å²) in [4.78, 5) is 0. The van der Waals surface area contributed by atoms with Gasteiger partial charge in [-0.2, -0.15) is 0 Å². The molecule has 0 heterocycles. The Balaban J connectivity index is 2.94. The van der Waals surface area contributed by atoms with E-state index in [-0.39, 0.29) is 24.4 Å². The second-order valence-corrected chi connectivity index (χ2v) is 5.12. The molecule has 2 atom stereocenters. The van der Waals surface area contributed by atoms with Crippen LogP contribution in [0.1, 0.15) is 25.5 Å². The van der Waals surface area contributed by atoms with Crippen molar-refractivity contribution in [1.82, 2.24) is 5.32 Å². The topological polar surface area (TPSA) is 52.5 Å². The molecule has 0 aromatic heterocycles. The first kappa shape index (κ1) is 13.8. The number of halogens is 2. The van der Waals surface area contributed by atoms with Gasteiger partial charge in [0.05, 0.1) is 11.6 Å². The summed E-state index contributed by atoms with van der Waals surface area (Å²) >= 11 is 9.20. The van der Waals surface area contributed by atoms with Crippen LogP contribution in [-0.2, 0) is 0 Å². The normalized spacial score (nSPS) is 14.8. The van der Waals surface area contributed by atoms with Crippen molar-refractivity contribution in [3.05, 3.63) is 27.2 Å². The Hall–Kier alpha value is -0.290. The standard InChI is InChI=1S/C11H15BrClNO2/c1-6(5-15)14-7(2)9-3-8(12)4-10(13)11(9)16/h3-4,6-7,14-16H,5H2,1-2H3/t6-,7?/m0/s1. The second kappa shape index (κ2) is 5.87. The van der Waals surface area contributed by atoms with Gasteiger partial charge in [0.2, 0.25) is 0 Å². The lowest BCUT2D eigenvalue weighted by molar-refractivity contribution is 0.242. The van der Waals surface area contributed by atoms with Gasteiger partial charge in [0.25, 0.3) is 0 Å². The molecule has 0 aliphatic heterocycles.